The van der Waals surface area contributed by atoms with Gasteiger partial charge < -0.3 is 4.74 Å². The van der Waals surface area contributed by atoms with Crippen molar-refractivity contribution in [1.29, 1.82) is 5.26 Å². The number of benzene rings is 1. The van der Waals surface area contributed by atoms with E-state index < -0.39 is 0 Å². The van der Waals surface area contributed by atoms with E-state index in [9.17, 15) is 0 Å². The smallest absolute Gasteiger partial charge is 0.130 e. The maximum absolute atomic E-state index is 8.94. The number of nitriles is 1. The van der Waals surface area contributed by atoms with Crippen LogP contribution in [0, 0.1) is 32.1 Å². The molecule has 0 aliphatic heterocycles. The maximum Gasteiger partial charge on any atom is 0.130 e. The SMILES string of the molecule is CCNC(C#N)COc1c(C)ccc(C)c1C. The summed E-state index contributed by atoms with van der Waals surface area (Å²) in [5, 5.41) is 12.0. The monoisotopic (exact) mass is 232 g/mol. The van der Waals surface area contributed by atoms with Gasteiger partial charge in [-0.2, -0.15) is 5.26 Å². The van der Waals surface area contributed by atoms with Crippen LogP contribution in [0.1, 0.15) is 23.6 Å². The third-order valence-corrected chi connectivity index (χ3v) is 2.87. The molecule has 1 aromatic carbocycles. The molecule has 3 nitrogen and oxygen atoms in total. The molecule has 0 heterocycles. The summed E-state index contributed by atoms with van der Waals surface area (Å²) in [5.74, 6) is 0.906. The van der Waals surface area contributed by atoms with Gasteiger partial charge in [-0.1, -0.05) is 19.1 Å². The maximum atomic E-state index is 8.94. The molecule has 0 amide bonds. The number of aryl methyl sites for hydroxylation is 2. The largest absolute Gasteiger partial charge is 0.490 e. The Hall–Kier alpha value is -1.53. The van der Waals surface area contributed by atoms with E-state index in [0.29, 0.717) is 6.61 Å². The molecule has 0 aromatic heterocycles. The van der Waals surface area contributed by atoms with Crippen LogP contribution in [0.3, 0.4) is 0 Å². The number of nitrogens with one attached hydrogen (secondary N) is 1. The normalized spacial score (nSPS) is 11.9. The van der Waals surface area contributed by atoms with Crippen molar-refractivity contribution in [2.75, 3.05) is 13.2 Å². The predicted octanol–water partition coefficient (Wildman–Crippen LogP) is 2.49. The first-order valence-electron chi connectivity index (χ1n) is 5.92. The van der Waals surface area contributed by atoms with Crippen molar-refractivity contribution in [2.24, 2.45) is 0 Å². The zero-order chi connectivity index (χ0) is 12.8. The van der Waals surface area contributed by atoms with E-state index in [0.717, 1.165) is 23.4 Å². The summed E-state index contributed by atoms with van der Waals surface area (Å²) < 4.78 is 5.77. The van der Waals surface area contributed by atoms with Crippen molar-refractivity contribution in [3.8, 4) is 11.8 Å². The lowest BCUT2D eigenvalue weighted by molar-refractivity contribution is 0.287. The average molecular weight is 232 g/mol. The van der Waals surface area contributed by atoms with E-state index in [1.54, 1.807) is 0 Å². The van der Waals surface area contributed by atoms with E-state index in [-0.39, 0.29) is 6.04 Å². The van der Waals surface area contributed by atoms with Gasteiger partial charge in [0.2, 0.25) is 0 Å². The Morgan fingerprint density at radius 3 is 2.53 bits per heavy atom. The summed E-state index contributed by atoms with van der Waals surface area (Å²) in [6.07, 6.45) is 0. The van der Waals surface area contributed by atoms with Crippen molar-refractivity contribution < 1.29 is 4.74 Å². The molecule has 1 unspecified atom stereocenters. The van der Waals surface area contributed by atoms with Crippen LogP contribution in [-0.2, 0) is 0 Å². The second kappa shape index (κ2) is 6.27. The topological polar surface area (TPSA) is 45.0 Å². The fraction of sp³-hybridized carbons (Fsp3) is 0.500. The molecule has 0 fully saturated rings. The lowest BCUT2D eigenvalue weighted by atomic mass is 10.1. The van der Waals surface area contributed by atoms with Gasteiger partial charge >= 0.3 is 0 Å². The van der Waals surface area contributed by atoms with Gasteiger partial charge in [-0.15, -0.1) is 0 Å². The number of hydrogen-bond donors (Lipinski definition) is 1. The highest BCUT2D eigenvalue weighted by molar-refractivity contribution is 5.44. The molecule has 1 atom stereocenters. The Morgan fingerprint density at radius 1 is 1.29 bits per heavy atom. The Bertz CT molecular complexity index is 421. The molecule has 1 N–H and O–H groups in total. The number of likely N-dealkylation sites (N-methyl/N-ethyl adjacent to an activating group) is 1. The van der Waals surface area contributed by atoms with Crippen LogP contribution in [0.4, 0.5) is 0 Å². The fourth-order valence-corrected chi connectivity index (χ4v) is 1.70. The number of nitrogens with zero attached hydrogens (tertiary/aromatic N) is 1. The molecular weight excluding hydrogens is 212 g/mol. The minimum absolute atomic E-state index is 0.251. The highest BCUT2D eigenvalue weighted by Crippen LogP contribution is 2.25. The van der Waals surface area contributed by atoms with Crippen LogP contribution in [0.25, 0.3) is 0 Å². The number of rotatable bonds is 5. The predicted molar refractivity (Wildman–Crippen MR) is 69.2 cm³/mol. The highest BCUT2D eigenvalue weighted by Gasteiger charge is 2.10. The first-order valence-corrected chi connectivity index (χ1v) is 5.92. The van der Waals surface area contributed by atoms with Crippen molar-refractivity contribution in [2.45, 2.75) is 33.7 Å². The van der Waals surface area contributed by atoms with Crippen LogP contribution >= 0.6 is 0 Å². The van der Waals surface area contributed by atoms with Crippen LogP contribution in [0.5, 0.6) is 5.75 Å². The quantitative estimate of drug-likeness (QED) is 0.848. The highest BCUT2D eigenvalue weighted by atomic mass is 16.5. The Kier molecular flexibility index (Phi) is 4.99. The van der Waals surface area contributed by atoms with Crippen LogP contribution in [-0.4, -0.2) is 19.2 Å². The van der Waals surface area contributed by atoms with E-state index in [1.807, 2.05) is 26.8 Å². The molecule has 1 aromatic rings. The first kappa shape index (κ1) is 13.5. The van der Waals surface area contributed by atoms with Gasteiger partial charge in [-0.25, -0.2) is 0 Å². The molecule has 0 aliphatic rings. The molecule has 3 heteroatoms. The van der Waals surface area contributed by atoms with Crippen molar-refractivity contribution in [3.05, 3.63) is 28.8 Å². The van der Waals surface area contributed by atoms with Crippen molar-refractivity contribution in [3.63, 3.8) is 0 Å². The molecule has 17 heavy (non-hydrogen) atoms. The van der Waals surface area contributed by atoms with E-state index >= 15 is 0 Å². The molecule has 0 radical (unpaired) electrons. The van der Waals surface area contributed by atoms with Crippen LogP contribution in [0.2, 0.25) is 0 Å². The third-order valence-electron chi connectivity index (χ3n) is 2.87. The summed E-state index contributed by atoms with van der Waals surface area (Å²) in [4.78, 5) is 0. The van der Waals surface area contributed by atoms with Gasteiger partial charge in [0.25, 0.3) is 0 Å². The Morgan fingerprint density at radius 2 is 1.94 bits per heavy atom. The molecule has 92 valence electrons. The van der Waals surface area contributed by atoms with E-state index in [1.165, 1.54) is 5.56 Å². The van der Waals surface area contributed by atoms with Gasteiger partial charge in [0.15, 0.2) is 0 Å². The molecule has 0 saturated heterocycles. The third kappa shape index (κ3) is 3.47. The van der Waals surface area contributed by atoms with Crippen LogP contribution in [0.15, 0.2) is 12.1 Å². The summed E-state index contributed by atoms with van der Waals surface area (Å²) in [6, 6.07) is 6.07. The number of hydrogen-bond acceptors (Lipinski definition) is 3. The average Bonchev–Trinajstić information content (AvgIpc) is 2.32. The second-order valence-electron chi connectivity index (χ2n) is 4.20. The standard InChI is InChI=1S/C14H20N2O/c1-5-16-13(8-15)9-17-14-11(3)7-6-10(2)12(14)4/h6-7,13,16H,5,9H2,1-4H3. The molecule has 0 spiro atoms. The summed E-state index contributed by atoms with van der Waals surface area (Å²) >= 11 is 0. The fourth-order valence-electron chi connectivity index (χ4n) is 1.70. The summed E-state index contributed by atoms with van der Waals surface area (Å²) in [5.41, 5.74) is 3.47. The van der Waals surface area contributed by atoms with E-state index in [2.05, 4.69) is 24.4 Å². The van der Waals surface area contributed by atoms with Crippen molar-refractivity contribution >= 4 is 0 Å². The van der Waals surface area contributed by atoms with Gasteiger partial charge in [0.05, 0.1) is 6.07 Å². The Balaban J connectivity index is 2.75. The lowest BCUT2D eigenvalue weighted by Crippen LogP contribution is -2.33. The van der Waals surface area contributed by atoms with Gasteiger partial charge in [-0.3, -0.25) is 5.32 Å². The lowest BCUT2D eigenvalue weighted by Gasteiger charge is -2.16. The van der Waals surface area contributed by atoms with Gasteiger partial charge in [0.1, 0.15) is 18.4 Å². The van der Waals surface area contributed by atoms with Gasteiger partial charge in [0, 0.05) is 0 Å². The van der Waals surface area contributed by atoms with E-state index in [4.69, 9.17) is 10.00 Å². The minimum atomic E-state index is -0.251. The molecule has 0 saturated carbocycles. The van der Waals surface area contributed by atoms with Crippen LogP contribution < -0.4 is 10.1 Å². The molecule has 1 rings (SSSR count). The molecular formula is C14H20N2O. The van der Waals surface area contributed by atoms with Crippen molar-refractivity contribution in [1.82, 2.24) is 5.32 Å². The summed E-state index contributed by atoms with van der Waals surface area (Å²) in [7, 11) is 0. The zero-order valence-electron chi connectivity index (χ0n) is 11.0. The Labute approximate surface area is 103 Å². The first-order chi connectivity index (χ1) is 8.10. The number of ether oxygens (including phenoxy) is 1. The zero-order valence-corrected chi connectivity index (χ0v) is 11.0. The second-order valence-corrected chi connectivity index (χ2v) is 4.20. The summed E-state index contributed by atoms with van der Waals surface area (Å²) in [6.45, 7) is 9.27. The van der Waals surface area contributed by atoms with Gasteiger partial charge in [-0.05, 0) is 44.0 Å². The molecule has 0 aliphatic carbocycles. The minimum Gasteiger partial charge on any atom is -0.490 e. The molecule has 0 bridgehead atoms.